The van der Waals surface area contributed by atoms with E-state index in [1.807, 2.05) is 37.0 Å². The lowest BCUT2D eigenvalue weighted by atomic mass is 10.1. The van der Waals surface area contributed by atoms with E-state index < -0.39 is 0 Å². The highest BCUT2D eigenvalue weighted by molar-refractivity contribution is 5.73. The van der Waals surface area contributed by atoms with Gasteiger partial charge in [0.2, 0.25) is 0 Å². The van der Waals surface area contributed by atoms with Crippen LogP contribution in [0.25, 0.3) is 0 Å². The third kappa shape index (κ3) is 11.6. The minimum Gasteiger partial charge on any atom is -0.493 e. The maximum Gasteiger partial charge on any atom is 0.325 e. The summed E-state index contributed by atoms with van der Waals surface area (Å²) in [5, 5.41) is 3.41. The minimum absolute atomic E-state index is 0.256. The molecule has 1 aliphatic carbocycles. The van der Waals surface area contributed by atoms with E-state index in [-0.39, 0.29) is 12.5 Å². The second-order valence-corrected chi connectivity index (χ2v) is 8.13. The Kier molecular flexibility index (Phi) is 13.4. The number of carbonyl (C=O) groups is 1. The van der Waals surface area contributed by atoms with Crippen molar-refractivity contribution >= 4 is 5.97 Å². The molecule has 0 radical (unpaired) electrons. The van der Waals surface area contributed by atoms with Crippen LogP contribution in [0.2, 0.25) is 0 Å². The van der Waals surface area contributed by atoms with Crippen molar-refractivity contribution in [2.24, 2.45) is 5.92 Å². The Balaban J connectivity index is 2.54. The van der Waals surface area contributed by atoms with Crippen molar-refractivity contribution < 1.29 is 14.3 Å². The second-order valence-electron chi connectivity index (χ2n) is 8.13. The molecule has 0 bridgehead atoms. The molecule has 5 heteroatoms. The van der Waals surface area contributed by atoms with E-state index in [1.54, 1.807) is 7.11 Å². The standard InChI is InChI=1S/C26H42N2O3/c1-7-28(8-2)20-26(29)31-24-17-13-16-23(18-25(24)30-6)19-27-22(5)15-12-10-9-11-14-21(3)4/h11,13-14,16,18,21,27H,5,7-10,12,15,17,19-20H2,1-4,6H3/b14-11+. The van der Waals surface area contributed by atoms with Crippen LogP contribution in [-0.4, -0.2) is 44.2 Å². The van der Waals surface area contributed by atoms with Gasteiger partial charge in [-0.1, -0.05) is 58.6 Å². The number of carbonyl (C=O) groups excluding carboxylic acids is 1. The van der Waals surface area contributed by atoms with Gasteiger partial charge in [-0.25, -0.2) is 0 Å². The highest BCUT2D eigenvalue weighted by atomic mass is 16.6. The molecule has 0 atom stereocenters. The lowest BCUT2D eigenvalue weighted by Gasteiger charge is -2.17. The number of hydrogen-bond acceptors (Lipinski definition) is 5. The number of methoxy groups -OCH3 is 1. The average Bonchev–Trinajstić information content (AvgIpc) is 2.94. The van der Waals surface area contributed by atoms with Gasteiger partial charge >= 0.3 is 5.97 Å². The average molecular weight is 431 g/mol. The van der Waals surface area contributed by atoms with Crippen molar-refractivity contribution in [2.75, 3.05) is 33.3 Å². The number of rotatable bonds is 15. The smallest absolute Gasteiger partial charge is 0.325 e. The number of allylic oxidation sites excluding steroid dienone is 5. The molecule has 0 unspecified atom stereocenters. The largest absolute Gasteiger partial charge is 0.493 e. The Morgan fingerprint density at radius 3 is 2.68 bits per heavy atom. The zero-order valence-electron chi connectivity index (χ0n) is 20.2. The summed E-state index contributed by atoms with van der Waals surface area (Å²) in [4.78, 5) is 14.3. The first-order valence-electron chi connectivity index (χ1n) is 11.5. The Hall–Kier alpha value is -2.27. The van der Waals surface area contributed by atoms with Gasteiger partial charge in [0.1, 0.15) is 0 Å². The summed E-state index contributed by atoms with van der Waals surface area (Å²) in [6.07, 6.45) is 15.4. The van der Waals surface area contributed by atoms with Crippen LogP contribution in [0.5, 0.6) is 0 Å². The van der Waals surface area contributed by atoms with Crippen molar-refractivity contribution in [2.45, 2.75) is 59.8 Å². The minimum atomic E-state index is -0.256. The molecular weight excluding hydrogens is 388 g/mol. The first-order valence-corrected chi connectivity index (χ1v) is 11.5. The van der Waals surface area contributed by atoms with Gasteiger partial charge in [-0.15, -0.1) is 0 Å². The molecule has 0 heterocycles. The zero-order chi connectivity index (χ0) is 23.1. The third-order valence-electron chi connectivity index (χ3n) is 5.09. The fourth-order valence-corrected chi connectivity index (χ4v) is 3.17. The maximum atomic E-state index is 12.3. The third-order valence-corrected chi connectivity index (χ3v) is 5.09. The number of nitrogens with zero attached hydrogens (tertiary/aromatic N) is 1. The van der Waals surface area contributed by atoms with Crippen LogP contribution in [-0.2, 0) is 14.3 Å². The van der Waals surface area contributed by atoms with Gasteiger partial charge in [0.05, 0.1) is 13.7 Å². The molecule has 0 spiro atoms. The molecule has 174 valence electrons. The summed E-state index contributed by atoms with van der Waals surface area (Å²) in [5.41, 5.74) is 2.10. The number of hydrogen-bond donors (Lipinski definition) is 1. The molecule has 0 saturated carbocycles. The van der Waals surface area contributed by atoms with E-state index in [1.165, 1.54) is 6.42 Å². The first-order chi connectivity index (χ1) is 14.9. The summed E-state index contributed by atoms with van der Waals surface area (Å²) in [5.74, 6) is 1.51. The van der Waals surface area contributed by atoms with E-state index in [0.717, 1.165) is 43.6 Å². The van der Waals surface area contributed by atoms with Crippen LogP contribution in [0.1, 0.15) is 59.8 Å². The van der Waals surface area contributed by atoms with E-state index in [4.69, 9.17) is 9.47 Å². The van der Waals surface area contributed by atoms with Gasteiger partial charge in [0.25, 0.3) is 0 Å². The summed E-state index contributed by atoms with van der Waals surface area (Å²) < 4.78 is 11.1. The topological polar surface area (TPSA) is 50.8 Å². The Labute approximate surface area is 189 Å². The normalized spacial score (nSPS) is 14.2. The number of nitrogens with one attached hydrogen (secondary N) is 1. The molecule has 5 nitrogen and oxygen atoms in total. The monoisotopic (exact) mass is 430 g/mol. The van der Waals surface area contributed by atoms with Crippen molar-refractivity contribution in [3.63, 3.8) is 0 Å². The van der Waals surface area contributed by atoms with Crippen molar-refractivity contribution in [3.05, 3.63) is 59.7 Å². The number of unbranched alkanes of at least 4 members (excludes halogenated alkanes) is 2. The maximum absolute atomic E-state index is 12.3. The van der Waals surface area contributed by atoms with Gasteiger partial charge in [-0.3, -0.25) is 9.69 Å². The molecule has 1 aliphatic rings. The lowest BCUT2D eigenvalue weighted by Crippen LogP contribution is -2.30. The van der Waals surface area contributed by atoms with Crippen LogP contribution < -0.4 is 5.32 Å². The zero-order valence-corrected chi connectivity index (χ0v) is 20.2. The summed E-state index contributed by atoms with van der Waals surface area (Å²) >= 11 is 0. The molecule has 1 rings (SSSR count). The molecule has 0 aromatic rings. The quantitative estimate of drug-likeness (QED) is 0.211. The Morgan fingerprint density at radius 1 is 1.29 bits per heavy atom. The Bertz CT molecular complexity index is 683. The fourth-order valence-electron chi connectivity index (χ4n) is 3.17. The predicted molar refractivity (Wildman–Crippen MR) is 129 cm³/mol. The van der Waals surface area contributed by atoms with Crippen molar-refractivity contribution in [1.82, 2.24) is 10.2 Å². The van der Waals surface area contributed by atoms with Gasteiger partial charge in [0, 0.05) is 18.7 Å². The second kappa shape index (κ2) is 15.5. The van der Waals surface area contributed by atoms with Gasteiger partial charge in [0.15, 0.2) is 11.5 Å². The van der Waals surface area contributed by atoms with Gasteiger partial charge in [-0.05, 0) is 56.3 Å². The molecule has 0 fully saturated rings. The molecule has 31 heavy (non-hydrogen) atoms. The van der Waals surface area contributed by atoms with Crippen molar-refractivity contribution in [1.29, 1.82) is 0 Å². The molecule has 0 saturated heterocycles. The van der Waals surface area contributed by atoms with E-state index in [0.29, 0.717) is 30.4 Å². The summed E-state index contributed by atoms with van der Waals surface area (Å²) in [7, 11) is 1.60. The summed E-state index contributed by atoms with van der Waals surface area (Å²) in [6, 6.07) is 0. The molecule has 0 aromatic heterocycles. The summed E-state index contributed by atoms with van der Waals surface area (Å²) in [6.45, 7) is 15.2. The van der Waals surface area contributed by atoms with Crippen LogP contribution in [0, 0.1) is 5.92 Å². The van der Waals surface area contributed by atoms with E-state index >= 15 is 0 Å². The molecular formula is C26H42N2O3. The molecule has 1 N–H and O–H groups in total. The van der Waals surface area contributed by atoms with E-state index in [2.05, 4.69) is 37.9 Å². The molecule has 0 amide bonds. The predicted octanol–water partition coefficient (Wildman–Crippen LogP) is 5.49. The van der Waals surface area contributed by atoms with Crippen LogP contribution in [0.3, 0.4) is 0 Å². The van der Waals surface area contributed by atoms with Crippen LogP contribution >= 0.6 is 0 Å². The number of likely N-dealkylation sites (N-methyl/N-ethyl adjacent to an activating group) is 1. The lowest BCUT2D eigenvalue weighted by molar-refractivity contribution is -0.141. The molecule has 0 aromatic carbocycles. The first kappa shape index (κ1) is 26.8. The van der Waals surface area contributed by atoms with E-state index in [9.17, 15) is 4.79 Å². The fraction of sp³-hybridized carbons (Fsp3) is 0.577. The van der Waals surface area contributed by atoms with Gasteiger partial charge in [-0.2, -0.15) is 0 Å². The molecule has 0 aliphatic heterocycles. The highest BCUT2D eigenvalue weighted by Crippen LogP contribution is 2.20. The highest BCUT2D eigenvalue weighted by Gasteiger charge is 2.16. The Morgan fingerprint density at radius 2 is 2.03 bits per heavy atom. The van der Waals surface area contributed by atoms with Gasteiger partial charge < -0.3 is 14.8 Å². The van der Waals surface area contributed by atoms with Crippen LogP contribution in [0.4, 0.5) is 0 Å². The number of esters is 1. The van der Waals surface area contributed by atoms with Crippen LogP contribution in [0.15, 0.2) is 59.7 Å². The number of ether oxygens (including phenoxy) is 2. The van der Waals surface area contributed by atoms with Crippen molar-refractivity contribution in [3.8, 4) is 0 Å². The SMILES string of the molecule is C=C(CCCC/C=C/C(C)C)NCC1=CC(OC)=C(OC(=O)CN(CC)CC)CC=C1.